The third-order valence-corrected chi connectivity index (χ3v) is 3.23. The van der Waals surface area contributed by atoms with Gasteiger partial charge in [-0.1, -0.05) is 30.4 Å². The fourth-order valence-electron chi connectivity index (χ4n) is 2.32. The minimum absolute atomic E-state index is 0.302. The molecule has 98 valence electrons. The summed E-state index contributed by atoms with van der Waals surface area (Å²) in [5.74, 6) is 0.961. The Morgan fingerprint density at radius 1 is 1.44 bits per heavy atom. The Labute approximate surface area is 109 Å². The van der Waals surface area contributed by atoms with E-state index in [1.807, 2.05) is 30.4 Å². The van der Waals surface area contributed by atoms with Gasteiger partial charge in [0.1, 0.15) is 11.9 Å². The number of likely N-dealkylation sites (tertiary alicyclic amines) is 1. The van der Waals surface area contributed by atoms with Crippen molar-refractivity contribution < 1.29 is 4.74 Å². The number of hydrogen-bond donors (Lipinski definition) is 1. The van der Waals surface area contributed by atoms with Gasteiger partial charge in [-0.15, -0.1) is 0 Å². The highest BCUT2D eigenvalue weighted by atomic mass is 16.5. The number of benzene rings is 1. The molecule has 0 spiro atoms. The van der Waals surface area contributed by atoms with Gasteiger partial charge in [-0.3, -0.25) is 0 Å². The number of piperidine rings is 1. The topological polar surface area (TPSA) is 38.5 Å². The highest BCUT2D eigenvalue weighted by Gasteiger charge is 2.19. The maximum Gasteiger partial charge on any atom is 0.126 e. The molecule has 0 aliphatic carbocycles. The Hall–Kier alpha value is -1.32. The molecule has 3 heteroatoms. The summed E-state index contributed by atoms with van der Waals surface area (Å²) in [6.45, 7) is 2.74. The molecular formula is C15H22N2O. The minimum Gasteiger partial charge on any atom is -0.488 e. The molecule has 1 atom stereocenters. The molecule has 1 unspecified atom stereocenters. The van der Waals surface area contributed by atoms with Crippen molar-refractivity contribution in [2.45, 2.75) is 18.9 Å². The Kier molecular flexibility index (Phi) is 4.79. The van der Waals surface area contributed by atoms with Gasteiger partial charge < -0.3 is 15.4 Å². The lowest BCUT2D eigenvalue weighted by atomic mass is 10.1. The van der Waals surface area contributed by atoms with E-state index in [4.69, 9.17) is 10.5 Å². The second-order valence-corrected chi connectivity index (χ2v) is 4.82. The van der Waals surface area contributed by atoms with Crippen LogP contribution in [-0.4, -0.2) is 37.7 Å². The van der Waals surface area contributed by atoms with Crippen LogP contribution in [0, 0.1) is 0 Å². The van der Waals surface area contributed by atoms with E-state index in [-0.39, 0.29) is 0 Å². The zero-order valence-corrected chi connectivity index (χ0v) is 11.0. The fourth-order valence-corrected chi connectivity index (χ4v) is 2.32. The maximum absolute atomic E-state index is 6.12. The smallest absolute Gasteiger partial charge is 0.126 e. The summed E-state index contributed by atoms with van der Waals surface area (Å²) in [5, 5.41) is 0. The van der Waals surface area contributed by atoms with Crippen molar-refractivity contribution in [3.8, 4) is 5.75 Å². The Balaban J connectivity index is 2.05. The molecule has 18 heavy (non-hydrogen) atoms. The first-order valence-electron chi connectivity index (χ1n) is 6.60. The average Bonchev–Trinajstić information content (AvgIpc) is 2.38. The molecule has 1 aliphatic heterocycles. The van der Waals surface area contributed by atoms with Gasteiger partial charge in [-0.05, 0) is 32.5 Å². The van der Waals surface area contributed by atoms with Crippen LogP contribution in [0.4, 0.5) is 0 Å². The first-order chi connectivity index (χ1) is 8.79. The van der Waals surface area contributed by atoms with E-state index in [1.165, 1.54) is 13.0 Å². The molecule has 1 aliphatic rings. The van der Waals surface area contributed by atoms with Crippen LogP contribution in [0.5, 0.6) is 5.75 Å². The Morgan fingerprint density at radius 2 is 2.28 bits per heavy atom. The molecule has 3 nitrogen and oxygen atoms in total. The van der Waals surface area contributed by atoms with Crippen LogP contribution >= 0.6 is 0 Å². The number of likely N-dealkylation sites (N-methyl/N-ethyl adjacent to an activating group) is 1. The normalized spacial score (nSPS) is 21.3. The van der Waals surface area contributed by atoms with Crippen molar-refractivity contribution in [2.75, 3.05) is 26.7 Å². The Bertz CT molecular complexity index is 403. The molecule has 0 aromatic heterocycles. The number of ether oxygens (including phenoxy) is 1. The maximum atomic E-state index is 6.12. The van der Waals surface area contributed by atoms with Crippen molar-refractivity contribution in [1.82, 2.24) is 4.90 Å². The molecule has 2 rings (SSSR count). The van der Waals surface area contributed by atoms with Gasteiger partial charge in [0, 0.05) is 18.7 Å². The van der Waals surface area contributed by atoms with E-state index >= 15 is 0 Å². The third-order valence-electron chi connectivity index (χ3n) is 3.23. The van der Waals surface area contributed by atoms with Gasteiger partial charge in [0.25, 0.3) is 0 Å². The van der Waals surface area contributed by atoms with Gasteiger partial charge in [-0.25, -0.2) is 0 Å². The van der Waals surface area contributed by atoms with Crippen LogP contribution in [-0.2, 0) is 0 Å². The summed E-state index contributed by atoms with van der Waals surface area (Å²) in [6, 6.07) is 8.14. The highest BCUT2D eigenvalue weighted by molar-refractivity contribution is 5.57. The van der Waals surface area contributed by atoms with Crippen LogP contribution < -0.4 is 10.5 Å². The highest BCUT2D eigenvalue weighted by Crippen LogP contribution is 2.23. The van der Waals surface area contributed by atoms with Crippen molar-refractivity contribution in [2.24, 2.45) is 5.73 Å². The molecule has 1 fully saturated rings. The van der Waals surface area contributed by atoms with Gasteiger partial charge in [0.2, 0.25) is 0 Å². The molecular weight excluding hydrogens is 224 g/mol. The summed E-state index contributed by atoms with van der Waals surface area (Å²) < 4.78 is 6.12. The van der Waals surface area contributed by atoms with Crippen LogP contribution in [0.3, 0.4) is 0 Å². The molecule has 1 heterocycles. The molecule has 0 bridgehead atoms. The standard InChI is InChI=1S/C15H22N2O/c1-17-11-5-8-14(12-17)18-15-9-3-2-6-13(15)7-4-10-16/h2-4,6-7,9,14H,5,8,10-12,16H2,1H3/b7-4+. The lowest BCUT2D eigenvalue weighted by Crippen LogP contribution is -2.38. The van der Waals surface area contributed by atoms with E-state index in [0.29, 0.717) is 12.6 Å². The summed E-state index contributed by atoms with van der Waals surface area (Å²) in [7, 11) is 2.15. The van der Waals surface area contributed by atoms with Gasteiger partial charge in [-0.2, -0.15) is 0 Å². The zero-order chi connectivity index (χ0) is 12.8. The van der Waals surface area contributed by atoms with Crippen molar-refractivity contribution in [3.05, 3.63) is 35.9 Å². The number of hydrogen-bond acceptors (Lipinski definition) is 3. The Morgan fingerprint density at radius 3 is 3.06 bits per heavy atom. The van der Waals surface area contributed by atoms with Gasteiger partial charge in [0.05, 0.1) is 0 Å². The minimum atomic E-state index is 0.302. The number of para-hydroxylation sites is 1. The fraction of sp³-hybridized carbons (Fsp3) is 0.467. The number of nitrogens with zero attached hydrogens (tertiary/aromatic N) is 1. The molecule has 0 amide bonds. The quantitative estimate of drug-likeness (QED) is 0.884. The first kappa shape index (κ1) is 13.1. The predicted molar refractivity (Wildman–Crippen MR) is 75.7 cm³/mol. The second kappa shape index (κ2) is 6.57. The summed E-state index contributed by atoms with van der Waals surface area (Å²) in [5.41, 5.74) is 6.60. The molecule has 1 saturated heterocycles. The third kappa shape index (κ3) is 3.59. The molecule has 1 aromatic rings. The first-order valence-corrected chi connectivity index (χ1v) is 6.60. The van der Waals surface area contributed by atoms with Crippen molar-refractivity contribution >= 4 is 6.08 Å². The molecule has 0 saturated carbocycles. The summed E-state index contributed by atoms with van der Waals surface area (Å²) in [6.07, 6.45) is 6.63. The summed E-state index contributed by atoms with van der Waals surface area (Å²) >= 11 is 0. The average molecular weight is 246 g/mol. The lowest BCUT2D eigenvalue weighted by Gasteiger charge is -2.30. The predicted octanol–water partition coefficient (Wildman–Crippen LogP) is 2.13. The lowest BCUT2D eigenvalue weighted by molar-refractivity contribution is 0.104. The van der Waals surface area contributed by atoms with E-state index in [1.54, 1.807) is 0 Å². The van der Waals surface area contributed by atoms with Gasteiger partial charge in [0.15, 0.2) is 0 Å². The molecule has 2 N–H and O–H groups in total. The van der Waals surface area contributed by atoms with E-state index in [0.717, 1.165) is 24.3 Å². The SMILES string of the molecule is CN1CCCC(Oc2ccccc2/C=C/CN)C1. The van der Waals surface area contributed by atoms with Crippen molar-refractivity contribution in [1.29, 1.82) is 0 Å². The monoisotopic (exact) mass is 246 g/mol. The molecule has 0 radical (unpaired) electrons. The van der Waals surface area contributed by atoms with Gasteiger partial charge >= 0.3 is 0 Å². The van der Waals surface area contributed by atoms with E-state index < -0.39 is 0 Å². The van der Waals surface area contributed by atoms with Crippen LogP contribution in [0.2, 0.25) is 0 Å². The number of rotatable bonds is 4. The zero-order valence-electron chi connectivity index (χ0n) is 11.0. The second-order valence-electron chi connectivity index (χ2n) is 4.82. The van der Waals surface area contributed by atoms with E-state index in [9.17, 15) is 0 Å². The van der Waals surface area contributed by atoms with Crippen LogP contribution in [0.25, 0.3) is 6.08 Å². The summed E-state index contributed by atoms with van der Waals surface area (Å²) in [4.78, 5) is 2.33. The van der Waals surface area contributed by atoms with Crippen molar-refractivity contribution in [3.63, 3.8) is 0 Å². The largest absolute Gasteiger partial charge is 0.488 e. The molecule has 1 aromatic carbocycles. The van der Waals surface area contributed by atoms with E-state index in [2.05, 4.69) is 18.0 Å². The number of nitrogens with two attached hydrogens (primary N) is 1. The van der Waals surface area contributed by atoms with Crippen LogP contribution in [0.15, 0.2) is 30.3 Å². The van der Waals surface area contributed by atoms with Crippen LogP contribution in [0.1, 0.15) is 18.4 Å².